The number of hydroxylamine groups is 1. The number of primary amides is 1. The normalized spacial score (nSPS) is 15.1. The Bertz CT molecular complexity index is 1330. The Hall–Kier alpha value is -4.46. The van der Waals surface area contributed by atoms with Gasteiger partial charge in [-0.25, -0.2) is 5.48 Å². The first-order valence-electron chi connectivity index (χ1n) is 14.8. The molecular formula is C30H45N7O7. The molecule has 44 heavy (non-hydrogen) atoms. The lowest BCUT2D eigenvalue weighted by molar-refractivity contribution is -0.135. The summed E-state index contributed by atoms with van der Waals surface area (Å²) in [4.78, 5) is 79.2. The Morgan fingerprint density at radius 2 is 1.41 bits per heavy atom. The average Bonchev–Trinajstić information content (AvgIpc) is 3.41. The summed E-state index contributed by atoms with van der Waals surface area (Å²) in [6, 6.07) is 3.01. The molecule has 0 aliphatic carbocycles. The summed E-state index contributed by atoms with van der Waals surface area (Å²) in [7, 11) is 0. The van der Waals surface area contributed by atoms with Crippen molar-refractivity contribution >= 4 is 46.3 Å². The van der Waals surface area contributed by atoms with Crippen LogP contribution in [0.15, 0.2) is 30.5 Å². The van der Waals surface area contributed by atoms with Crippen molar-refractivity contribution in [2.75, 3.05) is 0 Å². The van der Waals surface area contributed by atoms with Gasteiger partial charge in [0.2, 0.25) is 35.4 Å². The van der Waals surface area contributed by atoms with Gasteiger partial charge >= 0.3 is 0 Å². The van der Waals surface area contributed by atoms with Gasteiger partial charge in [-0.05, 0) is 29.9 Å². The van der Waals surface area contributed by atoms with Gasteiger partial charge < -0.3 is 32.0 Å². The molecule has 0 bridgehead atoms. The van der Waals surface area contributed by atoms with E-state index in [0.29, 0.717) is 18.4 Å². The molecule has 0 aliphatic heterocycles. The minimum Gasteiger partial charge on any atom is -0.368 e. The fourth-order valence-electron chi connectivity index (χ4n) is 4.75. The minimum absolute atomic E-state index is 0.0206. The van der Waals surface area contributed by atoms with Gasteiger partial charge in [0, 0.05) is 36.9 Å². The molecule has 9 N–H and O–H groups in total. The molecule has 0 saturated heterocycles. The molecule has 6 amide bonds. The Morgan fingerprint density at radius 3 is 1.98 bits per heavy atom. The van der Waals surface area contributed by atoms with E-state index >= 15 is 0 Å². The number of aromatic amines is 1. The van der Waals surface area contributed by atoms with Crippen molar-refractivity contribution < 1.29 is 34.0 Å². The smallest absolute Gasteiger partial charge is 0.243 e. The molecule has 1 aromatic carbocycles. The molecule has 2 rings (SSSR count). The summed E-state index contributed by atoms with van der Waals surface area (Å²) < 4.78 is 0. The number of rotatable bonds is 17. The fraction of sp³-hybridized carbons (Fsp3) is 0.533. The maximum absolute atomic E-state index is 13.8. The van der Waals surface area contributed by atoms with Crippen molar-refractivity contribution in [3.8, 4) is 0 Å². The van der Waals surface area contributed by atoms with Gasteiger partial charge in [-0.3, -0.25) is 34.0 Å². The number of H-pyrrole nitrogens is 1. The van der Waals surface area contributed by atoms with Crippen LogP contribution in [0.3, 0.4) is 0 Å². The zero-order valence-corrected chi connectivity index (χ0v) is 25.9. The summed E-state index contributed by atoms with van der Waals surface area (Å²) >= 11 is 0. The van der Waals surface area contributed by atoms with Gasteiger partial charge in [-0.1, -0.05) is 58.7 Å². The zero-order valence-electron chi connectivity index (χ0n) is 25.9. The van der Waals surface area contributed by atoms with E-state index in [4.69, 9.17) is 10.9 Å². The van der Waals surface area contributed by atoms with E-state index in [9.17, 15) is 28.8 Å². The number of hydrogen-bond acceptors (Lipinski definition) is 7. The summed E-state index contributed by atoms with van der Waals surface area (Å²) in [6.07, 6.45) is 2.37. The molecule has 2 unspecified atom stereocenters. The van der Waals surface area contributed by atoms with Crippen molar-refractivity contribution in [1.29, 1.82) is 0 Å². The highest BCUT2D eigenvalue weighted by Crippen LogP contribution is 2.20. The minimum atomic E-state index is -1.26. The van der Waals surface area contributed by atoms with Gasteiger partial charge in [0.15, 0.2) is 0 Å². The van der Waals surface area contributed by atoms with Crippen LogP contribution in [0.25, 0.3) is 10.9 Å². The second kappa shape index (κ2) is 17.0. The van der Waals surface area contributed by atoms with E-state index in [1.807, 2.05) is 45.0 Å². The van der Waals surface area contributed by atoms with E-state index in [1.54, 1.807) is 13.1 Å². The molecule has 0 spiro atoms. The number of carbonyl (C=O) groups excluding carboxylic acids is 6. The highest BCUT2D eigenvalue weighted by atomic mass is 16.5. The fourth-order valence-corrected chi connectivity index (χ4v) is 4.75. The standard InChI is InChI=1S/C30H45N7O7/c1-6-16(3)25(33-18(5)38)30(43)36-26(17(4)7-2)29(42)35-23(14-19-15-32-21-11-9-8-10-20(19)21)28(41)34-22(27(31)40)12-13-24(39)37-44/h8-11,15-17,22-23,25-26,32,44H,6-7,12-14H2,1-5H3,(H2,31,40)(H,33,38)(H,34,41)(H,35,42)(H,36,43)(H,37,39)/t16?,17?,22-,23-,25-,26-/m0/s1. The number of nitrogens with two attached hydrogens (primary N) is 1. The van der Waals surface area contributed by atoms with Crippen LogP contribution in [0.4, 0.5) is 0 Å². The number of fused-ring (bicyclic) bond motifs is 1. The predicted octanol–water partition coefficient (Wildman–Crippen LogP) is 0.533. The number of amides is 6. The van der Waals surface area contributed by atoms with Crippen molar-refractivity contribution in [3.63, 3.8) is 0 Å². The number of carbonyl (C=O) groups is 6. The highest BCUT2D eigenvalue weighted by molar-refractivity contribution is 5.96. The monoisotopic (exact) mass is 615 g/mol. The molecule has 242 valence electrons. The first kappa shape index (κ1) is 35.7. The van der Waals surface area contributed by atoms with Gasteiger partial charge in [0.25, 0.3) is 0 Å². The van der Waals surface area contributed by atoms with Crippen LogP contribution in [0.5, 0.6) is 0 Å². The summed E-state index contributed by atoms with van der Waals surface area (Å²) in [5.41, 5.74) is 8.45. The summed E-state index contributed by atoms with van der Waals surface area (Å²) in [6.45, 7) is 8.65. The lowest BCUT2D eigenvalue weighted by atomic mass is 9.94. The Balaban J connectivity index is 2.38. The molecule has 0 radical (unpaired) electrons. The molecule has 14 nitrogen and oxygen atoms in total. The van der Waals surface area contributed by atoms with Crippen LogP contribution in [-0.2, 0) is 35.2 Å². The summed E-state index contributed by atoms with van der Waals surface area (Å²) in [5.74, 6) is -4.50. The second-order valence-corrected chi connectivity index (χ2v) is 11.1. The van der Waals surface area contributed by atoms with E-state index in [1.165, 1.54) is 12.4 Å². The molecule has 2 aromatic rings. The lowest BCUT2D eigenvalue weighted by Gasteiger charge is -2.30. The first-order valence-corrected chi connectivity index (χ1v) is 14.8. The van der Waals surface area contributed by atoms with Crippen molar-refractivity contribution in [1.82, 2.24) is 31.7 Å². The number of nitrogens with one attached hydrogen (secondary N) is 6. The molecule has 14 heteroatoms. The van der Waals surface area contributed by atoms with Gasteiger partial charge in [0.05, 0.1) is 0 Å². The van der Waals surface area contributed by atoms with E-state index in [0.717, 1.165) is 10.9 Å². The topological polar surface area (TPSA) is 225 Å². The molecule has 0 aliphatic rings. The quantitative estimate of drug-likeness (QED) is 0.0930. The van der Waals surface area contributed by atoms with Crippen molar-refractivity contribution in [2.45, 2.75) is 90.9 Å². The van der Waals surface area contributed by atoms with Gasteiger partial charge in [-0.2, -0.15) is 0 Å². The highest BCUT2D eigenvalue weighted by Gasteiger charge is 2.34. The third-order valence-corrected chi connectivity index (χ3v) is 7.82. The van der Waals surface area contributed by atoms with Crippen LogP contribution in [0, 0.1) is 11.8 Å². The lowest BCUT2D eigenvalue weighted by Crippen LogP contribution is -2.60. The van der Waals surface area contributed by atoms with Gasteiger partial charge in [-0.15, -0.1) is 0 Å². The maximum Gasteiger partial charge on any atom is 0.243 e. The van der Waals surface area contributed by atoms with Gasteiger partial charge in [0.1, 0.15) is 24.2 Å². The third kappa shape index (κ3) is 10.1. The molecule has 0 fully saturated rings. The number of aromatic nitrogens is 1. The van der Waals surface area contributed by atoms with Crippen LogP contribution < -0.4 is 32.5 Å². The summed E-state index contributed by atoms with van der Waals surface area (Å²) in [5, 5.41) is 20.3. The Kier molecular flexibility index (Phi) is 13.8. The number of benzene rings is 1. The molecular weight excluding hydrogens is 570 g/mol. The molecule has 1 heterocycles. The number of para-hydroxylation sites is 1. The van der Waals surface area contributed by atoms with Crippen LogP contribution in [-0.4, -0.2) is 69.8 Å². The largest absolute Gasteiger partial charge is 0.368 e. The van der Waals surface area contributed by atoms with Crippen LogP contribution >= 0.6 is 0 Å². The Morgan fingerprint density at radius 1 is 0.841 bits per heavy atom. The second-order valence-electron chi connectivity index (χ2n) is 11.1. The van der Waals surface area contributed by atoms with E-state index < -0.39 is 53.7 Å². The molecule has 6 atom stereocenters. The molecule has 1 aromatic heterocycles. The maximum atomic E-state index is 13.8. The molecule has 0 saturated carbocycles. The SMILES string of the molecule is CCC(C)[C@H](NC(C)=O)C(=O)N[C@H](C(=O)N[C@@H](Cc1c[nH]c2ccccc12)C(=O)N[C@@H](CCC(=O)NO)C(N)=O)C(C)CC. The van der Waals surface area contributed by atoms with Crippen LogP contribution in [0.1, 0.15) is 65.9 Å². The Labute approximate surface area is 256 Å². The number of hydrogen-bond donors (Lipinski definition) is 8. The van der Waals surface area contributed by atoms with Crippen LogP contribution in [0.2, 0.25) is 0 Å². The zero-order chi connectivity index (χ0) is 33.0. The van der Waals surface area contributed by atoms with E-state index in [2.05, 4.69) is 26.3 Å². The van der Waals surface area contributed by atoms with Crippen molar-refractivity contribution in [2.24, 2.45) is 17.6 Å². The predicted molar refractivity (Wildman–Crippen MR) is 163 cm³/mol. The third-order valence-electron chi connectivity index (χ3n) is 7.82. The average molecular weight is 616 g/mol. The first-order chi connectivity index (χ1) is 20.8. The van der Waals surface area contributed by atoms with Crippen molar-refractivity contribution in [3.05, 3.63) is 36.0 Å². The van der Waals surface area contributed by atoms with E-state index in [-0.39, 0.29) is 37.0 Å².